The highest BCUT2D eigenvalue weighted by Gasteiger charge is 2.16. The van der Waals surface area contributed by atoms with Gasteiger partial charge >= 0.3 is 12.1 Å². The van der Waals surface area contributed by atoms with Crippen molar-refractivity contribution in [1.29, 1.82) is 0 Å². The van der Waals surface area contributed by atoms with Crippen molar-refractivity contribution in [1.82, 2.24) is 0 Å². The van der Waals surface area contributed by atoms with Gasteiger partial charge < -0.3 is 4.74 Å². The lowest BCUT2D eigenvalue weighted by atomic mass is 10.5. The Kier molecular flexibility index (Phi) is 1.53. The van der Waals surface area contributed by atoms with Crippen LogP contribution in [0.4, 0.5) is 4.79 Å². The van der Waals surface area contributed by atoms with Crippen LogP contribution in [0.5, 0.6) is 0 Å². The molecule has 1 aliphatic heterocycles. The molecule has 9 heavy (non-hydrogen) atoms. The molecule has 0 aromatic heterocycles. The summed E-state index contributed by atoms with van der Waals surface area (Å²) in [6.45, 7) is 0.0255. The van der Waals surface area contributed by atoms with Crippen LogP contribution < -0.4 is 0 Å². The molecular weight excluding hydrogens is 128 g/mol. The standard InChI is InChI=1S/C4H4O5/c5-3-1-2-7-4(6)9-8-3/h1-2H2. The van der Waals surface area contributed by atoms with Gasteiger partial charge in [0.1, 0.15) is 6.61 Å². The second kappa shape index (κ2) is 2.34. The fraction of sp³-hybridized carbons (Fsp3) is 0.500. The summed E-state index contributed by atoms with van der Waals surface area (Å²) in [5, 5.41) is 0. The van der Waals surface area contributed by atoms with Crippen molar-refractivity contribution in [3.63, 3.8) is 0 Å². The third-order valence-electron chi connectivity index (χ3n) is 0.729. The summed E-state index contributed by atoms with van der Waals surface area (Å²) in [5.74, 6) is -0.596. The van der Waals surface area contributed by atoms with E-state index in [2.05, 4.69) is 14.5 Å². The van der Waals surface area contributed by atoms with Crippen LogP contribution in [0.1, 0.15) is 6.42 Å². The number of hydrogen-bond donors (Lipinski definition) is 0. The molecular formula is C4H4O5. The molecule has 0 N–H and O–H groups in total. The molecule has 0 saturated carbocycles. The van der Waals surface area contributed by atoms with E-state index >= 15 is 0 Å². The maximum Gasteiger partial charge on any atom is 0.549 e. The number of hydrogen-bond acceptors (Lipinski definition) is 5. The van der Waals surface area contributed by atoms with Crippen LogP contribution in [0.25, 0.3) is 0 Å². The first-order valence-corrected chi connectivity index (χ1v) is 2.33. The van der Waals surface area contributed by atoms with Crippen LogP contribution in [0.2, 0.25) is 0 Å². The van der Waals surface area contributed by atoms with E-state index in [-0.39, 0.29) is 13.0 Å². The van der Waals surface area contributed by atoms with Gasteiger partial charge in [-0.25, -0.2) is 14.6 Å². The van der Waals surface area contributed by atoms with E-state index in [1.165, 1.54) is 0 Å². The van der Waals surface area contributed by atoms with E-state index in [0.29, 0.717) is 0 Å². The quantitative estimate of drug-likeness (QED) is 0.343. The van der Waals surface area contributed by atoms with Crippen molar-refractivity contribution < 1.29 is 24.1 Å². The van der Waals surface area contributed by atoms with Crippen molar-refractivity contribution in [2.24, 2.45) is 0 Å². The third kappa shape index (κ3) is 1.60. The highest BCUT2D eigenvalue weighted by Crippen LogP contribution is 1.97. The Morgan fingerprint density at radius 2 is 2.00 bits per heavy atom. The average molecular weight is 132 g/mol. The summed E-state index contributed by atoms with van der Waals surface area (Å²) in [6.07, 6.45) is -0.924. The van der Waals surface area contributed by atoms with Gasteiger partial charge in [0.15, 0.2) is 0 Å². The lowest BCUT2D eigenvalue weighted by Crippen LogP contribution is -2.03. The fourth-order valence-corrected chi connectivity index (χ4v) is 0.364. The predicted molar refractivity (Wildman–Crippen MR) is 23.1 cm³/mol. The van der Waals surface area contributed by atoms with E-state index in [1.54, 1.807) is 0 Å². The first kappa shape index (κ1) is 5.87. The molecule has 0 atom stereocenters. The zero-order valence-corrected chi connectivity index (χ0v) is 4.46. The minimum atomic E-state index is -0.971. The van der Waals surface area contributed by atoms with Crippen molar-refractivity contribution in [3.05, 3.63) is 0 Å². The normalized spacial score (nSPS) is 19.1. The minimum Gasteiger partial charge on any atom is -0.431 e. The van der Waals surface area contributed by atoms with E-state index in [0.717, 1.165) is 0 Å². The zero-order valence-electron chi connectivity index (χ0n) is 4.46. The Hall–Kier alpha value is -1.26. The summed E-state index contributed by atoms with van der Waals surface area (Å²) in [4.78, 5) is 28.1. The SMILES string of the molecule is O=C1CCOC(=O)OO1. The molecule has 5 nitrogen and oxygen atoms in total. The Morgan fingerprint density at radius 3 is 2.78 bits per heavy atom. The van der Waals surface area contributed by atoms with Crippen molar-refractivity contribution >= 4 is 12.1 Å². The third-order valence-corrected chi connectivity index (χ3v) is 0.729. The van der Waals surface area contributed by atoms with Crippen molar-refractivity contribution in [2.45, 2.75) is 6.42 Å². The van der Waals surface area contributed by atoms with Gasteiger partial charge in [-0.1, -0.05) is 0 Å². The van der Waals surface area contributed by atoms with E-state index < -0.39 is 12.1 Å². The molecule has 0 bridgehead atoms. The van der Waals surface area contributed by atoms with E-state index in [4.69, 9.17) is 0 Å². The van der Waals surface area contributed by atoms with Gasteiger partial charge in [-0.3, -0.25) is 0 Å². The van der Waals surface area contributed by atoms with Crippen LogP contribution in [0, 0.1) is 0 Å². The van der Waals surface area contributed by atoms with Gasteiger partial charge in [-0.2, -0.15) is 4.79 Å². The molecule has 50 valence electrons. The largest absolute Gasteiger partial charge is 0.549 e. The first-order chi connectivity index (χ1) is 4.29. The highest BCUT2D eigenvalue weighted by molar-refractivity contribution is 5.71. The van der Waals surface area contributed by atoms with Crippen LogP contribution in [0.3, 0.4) is 0 Å². The molecule has 0 spiro atoms. The molecule has 0 amide bonds. The topological polar surface area (TPSA) is 61.8 Å². The van der Waals surface area contributed by atoms with Gasteiger partial charge in [0.25, 0.3) is 0 Å². The first-order valence-electron chi connectivity index (χ1n) is 2.33. The Balaban J connectivity index is 2.43. The maximum atomic E-state index is 10.2. The number of cyclic esters (lactones) is 1. The molecule has 0 aromatic carbocycles. The van der Waals surface area contributed by atoms with Gasteiger partial charge in [0.2, 0.25) is 0 Å². The van der Waals surface area contributed by atoms with E-state index in [9.17, 15) is 9.59 Å². The van der Waals surface area contributed by atoms with Crippen LogP contribution in [0.15, 0.2) is 0 Å². The Morgan fingerprint density at radius 1 is 1.22 bits per heavy atom. The number of carbonyl (C=O) groups excluding carboxylic acids is 2. The van der Waals surface area contributed by atoms with Crippen molar-refractivity contribution in [3.8, 4) is 0 Å². The highest BCUT2D eigenvalue weighted by atomic mass is 17.2. The number of rotatable bonds is 0. The zero-order chi connectivity index (χ0) is 6.69. The molecule has 1 rings (SSSR count). The number of carbonyl (C=O) groups is 2. The predicted octanol–water partition coefficient (Wildman–Crippen LogP) is 0.00150. The lowest BCUT2D eigenvalue weighted by molar-refractivity contribution is -0.235. The number of ether oxygens (including phenoxy) is 1. The van der Waals surface area contributed by atoms with Crippen molar-refractivity contribution in [2.75, 3.05) is 6.61 Å². The summed E-state index contributed by atoms with van der Waals surface area (Å²) >= 11 is 0. The second-order valence-electron chi connectivity index (χ2n) is 1.39. The van der Waals surface area contributed by atoms with Gasteiger partial charge in [-0.05, 0) is 0 Å². The van der Waals surface area contributed by atoms with Gasteiger partial charge in [0, 0.05) is 0 Å². The average Bonchev–Trinajstić information content (AvgIpc) is 1.97. The molecule has 1 heterocycles. The van der Waals surface area contributed by atoms with Gasteiger partial charge in [-0.15, -0.1) is 0 Å². The van der Waals surface area contributed by atoms with Crippen LogP contribution >= 0.6 is 0 Å². The summed E-state index contributed by atoms with van der Waals surface area (Å²) in [5.41, 5.74) is 0. The van der Waals surface area contributed by atoms with Gasteiger partial charge in [0.05, 0.1) is 6.42 Å². The molecule has 1 saturated heterocycles. The molecule has 1 fully saturated rings. The summed E-state index contributed by atoms with van der Waals surface area (Å²) in [6, 6.07) is 0. The monoisotopic (exact) mass is 132 g/mol. The fourth-order valence-electron chi connectivity index (χ4n) is 0.364. The maximum absolute atomic E-state index is 10.2. The van der Waals surface area contributed by atoms with Crippen LogP contribution in [-0.2, 0) is 19.3 Å². The summed E-state index contributed by atoms with van der Waals surface area (Å²) < 4.78 is 4.27. The molecule has 0 aliphatic carbocycles. The molecule has 5 heteroatoms. The second-order valence-corrected chi connectivity index (χ2v) is 1.39. The summed E-state index contributed by atoms with van der Waals surface area (Å²) in [7, 11) is 0. The molecule has 0 unspecified atom stereocenters. The molecule has 0 radical (unpaired) electrons. The minimum absolute atomic E-state index is 0.0255. The van der Waals surface area contributed by atoms with E-state index in [1.807, 2.05) is 0 Å². The Labute approximate surface area is 50.4 Å². The Bertz CT molecular complexity index is 124. The smallest absolute Gasteiger partial charge is 0.431 e. The lowest BCUT2D eigenvalue weighted by Gasteiger charge is -1.92. The molecule has 0 aromatic rings. The van der Waals surface area contributed by atoms with Crippen LogP contribution in [-0.4, -0.2) is 18.7 Å². The molecule has 1 aliphatic rings.